The van der Waals surface area contributed by atoms with Crippen molar-refractivity contribution in [3.63, 3.8) is 0 Å². The molecule has 144 valence electrons. The summed E-state index contributed by atoms with van der Waals surface area (Å²) in [6, 6.07) is 12.1. The zero-order valence-corrected chi connectivity index (χ0v) is 15.6. The summed E-state index contributed by atoms with van der Waals surface area (Å²) in [4.78, 5) is 29.6. The maximum atomic E-state index is 12.9. The van der Waals surface area contributed by atoms with Crippen LogP contribution in [0, 0.1) is 0 Å². The fourth-order valence-electron chi connectivity index (χ4n) is 3.32. The highest BCUT2D eigenvalue weighted by Gasteiger charge is 2.17. The molecular weight excluding hydrogens is 358 g/mol. The second-order valence-electron chi connectivity index (χ2n) is 6.70. The van der Waals surface area contributed by atoms with Crippen LogP contribution < -0.4 is 15.6 Å². The average molecular weight is 379 g/mol. The summed E-state index contributed by atoms with van der Waals surface area (Å²) in [5, 5.41) is 3.33. The van der Waals surface area contributed by atoms with Crippen LogP contribution >= 0.6 is 0 Å². The summed E-state index contributed by atoms with van der Waals surface area (Å²) in [5.41, 5.74) is 1.41. The van der Waals surface area contributed by atoms with Crippen molar-refractivity contribution in [2.75, 3.05) is 20.3 Å². The van der Waals surface area contributed by atoms with Crippen LogP contribution in [0.15, 0.2) is 53.6 Å². The lowest BCUT2D eigenvalue weighted by atomic mass is 10.1. The number of benzene rings is 2. The number of fused-ring (bicyclic) bond motifs is 1. The molecule has 0 spiro atoms. The van der Waals surface area contributed by atoms with E-state index in [1.807, 2.05) is 18.2 Å². The van der Waals surface area contributed by atoms with Gasteiger partial charge in [-0.2, -0.15) is 0 Å². The average Bonchev–Trinajstić information content (AvgIpc) is 3.25. The molecule has 1 atom stereocenters. The third-order valence-electron chi connectivity index (χ3n) is 4.87. The fourth-order valence-corrected chi connectivity index (χ4v) is 3.32. The number of methoxy groups -OCH3 is 1. The first-order chi connectivity index (χ1) is 13.7. The molecule has 3 aromatic rings. The summed E-state index contributed by atoms with van der Waals surface area (Å²) in [5.74, 6) is 0.457. The van der Waals surface area contributed by atoms with Crippen molar-refractivity contribution in [2.24, 2.45) is 0 Å². The van der Waals surface area contributed by atoms with E-state index in [1.165, 1.54) is 10.9 Å². The first-order valence-corrected chi connectivity index (χ1v) is 9.21. The van der Waals surface area contributed by atoms with Gasteiger partial charge < -0.3 is 14.8 Å². The summed E-state index contributed by atoms with van der Waals surface area (Å²) >= 11 is 0. The van der Waals surface area contributed by atoms with Crippen molar-refractivity contribution in [1.82, 2.24) is 14.9 Å². The predicted molar refractivity (Wildman–Crippen MR) is 105 cm³/mol. The maximum absolute atomic E-state index is 12.9. The summed E-state index contributed by atoms with van der Waals surface area (Å²) in [6.07, 6.45) is 3.54. The third kappa shape index (κ3) is 3.61. The number of nitrogens with zero attached hydrogens (tertiary/aromatic N) is 2. The van der Waals surface area contributed by atoms with E-state index in [1.54, 1.807) is 31.4 Å². The van der Waals surface area contributed by atoms with Crippen molar-refractivity contribution < 1.29 is 14.3 Å². The number of rotatable bonds is 5. The Morgan fingerprint density at radius 1 is 1.32 bits per heavy atom. The molecule has 7 heteroatoms. The molecule has 4 rings (SSSR count). The van der Waals surface area contributed by atoms with Gasteiger partial charge in [0.05, 0.1) is 29.8 Å². The summed E-state index contributed by atoms with van der Waals surface area (Å²) in [7, 11) is 1.58. The molecule has 0 saturated carbocycles. The minimum absolute atomic E-state index is 0.0811. The van der Waals surface area contributed by atoms with Gasteiger partial charge in [-0.1, -0.05) is 6.07 Å². The predicted octanol–water partition coefficient (Wildman–Crippen LogP) is 2.30. The minimum Gasteiger partial charge on any atom is -0.497 e. The van der Waals surface area contributed by atoms with Gasteiger partial charge in [0.2, 0.25) is 0 Å². The zero-order valence-electron chi connectivity index (χ0n) is 15.6. The van der Waals surface area contributed by atoms with Gasteiger partial charge in [0.15, 0.2) is 0 Å². The van der Waals surface area contributed by atoms with E-state index < -0.39 is 0 Å². The molecule has 0 bridgehead atoms. The van der Waals surface area contributed by atoms with Crippen LogP contribution in [-0.4, -0.2) is 41.8 Å². The van der Waals surface area contributed by atoms with Crippen LogP contribution in [0.25, 0.3) is 16.6 Å². The number of ether oxygens (including phenoxy) is 2. The maximum Gasteiger partial charge on any atom is 0.265 e. The number of amides is 1. The van der Waals surface area contributed by atoms with Crippen molar-refractivity contribution in [1.29, 1.82) is 0 Å². The van der Waals surface area contributed by atoms with Crippen molar-refractivity contribution >= 4 is 16.8 Å². The molecule has 0 radical (unpaired) electrons. The summed E-state index contributed by atoms with van der Waals surface area (Å²) < 4.78 is 12.2. The van der Waals surface area contributed by atoms with E-state index in [2.05, 4.69) is 10.3 Å². The normalized spacial score (nSPS) is 16.2. The second kappa shape index (κ2) is 7.82. The van der Waals surface area contributed by atoms with Gasteiger partial charge >= 0.3 is 0 Å². The van der Waals surface area contributed by atoms with Crippen LogP contribution in [0.4, 0.5) is 0 Å². The largest absolute Gasteiger partial charge is 0.497 e. The number of aromatic nitrogens is 2. The molecule has 2 aromatic carbocycles. The molecule has 0 unspecified atom stereocenters. The molecule has 0 aliphatic carbocycles. The van der Waals surface area contributed by atoms with Crippen molar-refractivity contribution in [3.8, 4) is 11.4 Å². The number of carbonyl (C=O) groups is 1. The lowest BCUT2D eigenvalue weighted by molar-refractivity contribution is 0.0858. The van der Waals surface area contributed by atoms with Crippen molar-refractivity contribution in [3.05, 3.63) is 64.7 Å². The SMILES string of the molecule is COc1cccc(-n2cnc3cc(C(=O)NC[C@H]4CCCO4)ccc3c2=O)c1. The Morgan fingerprint density at radius 2 is 2.21 bits per heavy atom. The smallest absolute Gasteiger partial charge is 0.265 e. The standard InChI is InChI=1S/C21H21N3O4/c1-27-16-5-2-4-15(11-16)24-13-23-19-10-14(7-8-18(19)21(24)26)20(25)22-12-17-6-3-9-28-17/h2,4-5,7-8,10-11,13,17H,3,6,9,12H2,1H3,(H,22,25)/t17-/m1/s1. The fraction of sp³-hybridized carbons (Fsp3) is 0.286. The molecule has 1 N–H and O–H groups in total. The number of hydrogen-bond donors (Lipinski definition) is 1. The molecule has 1 aliphatic heterocycles. The molecular formula is C21H21N3O4. The van der Waals surface area contributed by atoms with E-state index in [-0.39, 0.29) is 17.6 Å². The van der Waals surface area contributed by atoms with Gasteiger partial charge in [-0.15, -0.1) is 0 Å². The highest BCUT2D eigenvalue weighted by molar-refractivity contribution is 5.97. The van der Waals surface area contributed by atoms with E-state index in [4.69, 9.17) is 9.47 Å². The molecule has 7 nitrogen and oxygen atoms in total. The molecule has 1 aliphatic rings. The van der Waals surface area contributed by atoms with Crippen LogP contribution in [-0.2, 0) is 4.74 Å². The molecule has 2 heterocycles. The second-order valence-corrected chi connectivity index (χ2v) is 6.70. The number of hydrogen-bond acceptors (Lipinski definition) is 5. The van der Waals surface area contributed by atoms with E-state index in [9.17, 15) is 9.59 Å². The topological polar surface area (TPSA) is 82.5 Å². The number of nitrogens with one attached hydrogen (secondary N) is 1. The van der Waals surface area contributed by atoms with Gasteiger partial charge in [0.1, 0.15) is 12.1 Å². The van der Waals surface area contributed by atoms with Gasteiger partial charge in [-0.05, 0) is 43.2 Å². The Morgan fingerprint density at radius 3 is 3.00 bits per heavy atom. The molecule has 1 amide bonds. The quantitative estimate of drug-likeness (QED) is 0.736. The van der Waals surface area contributed by atoms with E-state index in [0.717, 1.165) is 19.4 Å². The molecule has 1 saturated heterocycles. The summed E-state index contributed by atoms with van der Waals surface area (Å²) in [6.45, 7) is 1.24. The third-order valence-corrected chi connectivity index (χ3v) is 4.87. The highest BCUT2D eigenvalue weighted by atomic mass is 16.5. The Labute approximate surface area is 161 Å². The first kappa shape index (κ1) is 18.2. The van der Waals surface area contributed by atoms with E-state index in [0.29, 0.717) is 34.4 Å². The van der Waals surface area contributed by atoms with Crippen LogP contribution in [0.3, 0.4) is 0 Å². The lowest BCUT2D eigenvalue weighted by Gasteiger charge is -2.11. The first-order valence-electron chi connectivity index (χ1n) is 9.21. The zero-order chi connectivity index (χ0) is 19.5. The molecule has 28 heavy (non-hydrogen) atoms. The Hall–Kier alpha value is -3.19. The van der Waals surface area contributed by atoms with Gasteiger partial charge in [0.25, 0.3) is 11.5 Å². The lowest BCUT2D eigenvalue weighted by Crippen LogP contribution is -2.31. The molecule has 1 aromatic heterocycles. The monoisotopic (exact) mass is 379 g/mol. The minimum atomic E-state index is -0.204. The molecule has 1 fully saturated rings. The Kier molecular flexibility index (Phi) is 5.08. The van der Waals surface area contributed by atoms with Gasteiger partial charge in [-0.25, -0.2) is 4.98 Å². The van der Waals surface area contributed by atoms with Gasteiger partial charge in [0, 0.05) is 24.8 Å². The van der Waals surface area contributed by atoms with E-state index >= 15 is 0 Å². The highest BCUT2D eigenvalue weighted by Crippen LogP contribution is 2.17. The van der Waals surface area contributed by atoms with Gasteiger partial charge in [-0.3, -0.25) is 14.2 Å². The van der Waals surface area contributed by atoms with Crippen LogP contribution in [0.1, 0.15) is 23.2 Å². The van der Waals surface area contributed by atoms with Crippen LogP contribution in [0.5, 0.6) is 5.75 Å². The van der Waals surface area contributed by atoms with Crippen LogP contribution in [0.2, 0.25) is 0 Å². The Bertz CT molecular complexity index is 1070. The Balaban J connectivity index is 1.60. The van der Waals surface area contributed by atoms with Crippen molar-refractivity contribution in [2.45, 2.75) is 18.9 Å². The number of carbonyl (C=O) groups excluding carboxylic acids is 1.